The number of halogens is 1. The Bertz CT molecular complexity index is 991. The van der Waals surface area contributed by atoms with Crippen LogP contribution in [0.2, 0.25) is 5.02 Å². The van der Waals surface area contributed by atoms with Gasteiger partial charge in [0, 0.05) is 30.2 Å². The molecule has 8 heteroatoms. The average Bonchev–Trinajstić information content (AvgIpc) is 3.18. The summed E-state index contributed by atoms with van der Waals surface area (Å²) in [5.41, 5.74) is 2.59. The van der Waals surface area contributed by atoms with Crippen molar-refractivity contribution in [2.75, 3.05) is 18.4 Å². The highest BCUT2D eigenvalue weighted by molar-refractivity contribution is 6.39. The highest BCUT2D eigenvalue weighted by atomic mass is 35.5. The molecule has 1 unspecified atom stereocenters. The molecule has 0 saturated carbocycles. The highest BCUT2D eigenvalue weighted by Crippen LogP contribution is 2.33. The van der Waals surface area contributed by atoms with Crippen LogP contribution in [0.4, 0.5) is 10.5 Å². The molecule has 1 saturated heterocycles. The fraction of sp³-hybridized carbons (Fsp3) is 0.348. The summed E-state index contributed by atoms with van der Waals surface area (Å²) < 4.78 is 0. The number of amides is 3. The zero-order valence-electron chi connectivity index (χ0n) is 17.4. The minimum atomic E-state index is -0.647. The van der Waals surface area contributed by atoms with E-state index in [9.17, 15) is 9.59 Å². The van der Waals surface area contributed by atoms with Crippen LogP contribution < -0.4 is 10.6 Å². The van der Waals surface area contributed by atoms with E-state index in [2.05, 4.69) is 15.8 Å². The lowest BCUT2D eigenvalue weighted by Crippen LogP contribution is -2.52. The number of oxime groups is 1. The second-order valence-electron chi connectivity index (χ2n) is 8.12. The number of aryl methyl sites for hydroxylation is 1. The molecule has 0 aliphatic carbocycles. The van der Waals surface area contributed by atoms with Crippen molar-refractivity contribution in [2.45, 2.75) is 38.3 Å². The molecular weight excluding hydrogens is 416 g/mol. The summed E-state index contributed by atoms with van der Waals surface area (Å²) in [5.74, 6) is -0.236. The van der Waals surface area contributed by atoms with Crippen molar-refractivity contribution in [3.63, 3.8) is 0 Å². The number of urea groups is 1. The van der Waals surface area contributed by atoms with E-state index in [-0.39, 0.29) is 11.9 Å². The number of hydrogen-bond donors (Lipinski definition) is 2. The van der Waals surface area contributed by atoms with Gasteiger partial charge in [-0.2, -0.15) is 0 Å². The molecule has 1 fully saturated rings. The molecule has 0 aromatic heterocycles. The molecule has 4 rings (SSSR count). The lowest BCUT2D eigenvalue weighted by atomic mass is 9.88. The van der Waals surface area contributed by atoms with Crippen LogP contribution in [-0.2, 0) is 16.2 Å². The van der Waals surface area contributed by atoms with Gasteiger partial charge in [0.2, 0.25) is 0 Å². The summed E-state index contributed by atoms with van der Waals surface area (Å²) in [7, 11) is 0. The van der Waals surface area contributed by atoms with Gasteiger partial charge in [-0.05, 0) is 49.6 Å². The monoisotopic (exact) mass is 440 g/mol. The summed E-state index contributed by atoms with van der Waals surface area (Å²) in [5, 5.41) is 10.4. The molecule has 2 N–H and O–H groups in total. The normalized spacial score (nSPS) is 20.2. The first kappa shape index (κ1) is 21.2. The number of rotatable bonds is 4. The maximum absolute atomic E-state index is 12.7. The third-order valence-electron chi connectivity index (χ3n) is 5.60. The molecule has 1 atom stereocenters. The summed E-state index contributed by atoms with van der Waals surface area (Å²) >= 11 is 5.90. The number of nitrogens with one attached hydrogen (secondary N) is 2. The first-order chi connectivity index (χ1) is 14.9. The number of benzene rings is 2. The Kier molecular flexibility index (Phi) is 6.13. The van der Waals surface area contributed by atoms with Gasteiger partial charge in [0.1, 0.15) is 5.71 Å². The van der Waals surface area contributed by atoms with Gasteiger partial charge in [0.15, 0.2) is 5.60 Å². The van der Waals surface area contributed by atoms with Crippen molar-refractivity contribution in [3.8, 4) is 0 Å². The molecule has 2 aromatic rings. The largest absolute Gasteiger partial charge is 0.386 e. The lowest BCUT2D eigenvalue weighted by Gasteiger charge is -2.38. The van der Waals surface area contributed by atoms with E-state index in [1.807, 2.05) is 31.2 Å². The smallest absolute Gasteiger partial charge is 0.321 e. The number of piperidine rings is 1. The van der Waals surface area contributed by atoms with E-state index in [0.29, 0.717) is 42.5 Å². The van der Waals surface area contributed by atoms with Crippen LogP contribution in [0, 0.1) is 6.92 Å². The molecule has 2 aliphatic rings. The standard InChI is InChI=1S/C23H25ClN4O3/c1-16-3-5-17(6-4-16)14-25-21(29)20-13-23(31-27-20)11-2-12-28(15-23)22(30)26-19-9-7-18(24)8-10-19/h3-10H,2,11-15H2,1H3,(H,25,29)(H,26,30). The van der Waals surface area contributed by atoms with Gasteiger partial charge in [-0.15, -0.1) is 0 Å². The molecule has 31 heavy (non-hydrogen) atoms. The Balaban J connectivity index is 1.31. The molecule has 0 bridgehead atoms. The zero-order chi connectivity index (χ0) is 21.8. The van der Waals surface area contributed by atoms with E-state index in [4.69, 9.17) is 16.4 Å². The van der Waals surface area contributed by atoms with Crippen LogP contribution in [0.1, 0.15) is 30.4 Å². The minimum absolute atomic E-state index is 0.206. The van der Waals surface area contributed by atoms with Gasteiger partial charge in [-0.3, -0.25) is 4.79 Å². The van der Waals surface area contributed by atoms with Crippen molar-refractivity contribution in [3.05, 3.63) is 64.7 Å². The summed E-state index contributed by atoms with van der Waals surface area (Å²) in [4.78, 5) is 32.7. The fourth-order valence-electron chi connectivity index (χ4n) is 3.86. The van der Waals surface area contributed by atoms with Gasteiger partial charge in [0.05, 0.1) is 6.54 Å². The van der Waals surface area contributed by atoms with E-state index >= 15 is 0 Å². The van der Waals surface area contributed by atoms with Crippen molar-refractivity contribution < 1.29 is 14.4 Å². The van der Waals surface area contributed by atoms with E-state index in [1.165, 1.54) is 5.56 Å². The van der Waals surface area contributed by atoms with Gasteiger partial charge in [0.25, 0.3) is 5.91 Å². The molecule has 7 nitrogen and oxygen atoms in total. The quantitative estimate of drug-likeness (QED) is 0.750. The number of nitrogens with zero attached hydrogens (tertiary/aromatic N) is 2. The molecule has 2 aliphatic heterocycles. The fourth-order valence-corrected chi connectivity index (χ4v) is 3.99. The van der Waals surface area contributed by atoms with Crippen LogP contribution in [0.3, 0.4) is 0 Å². The lowest BCUT2D eigenvalue weighted by molar-refractivity contribution is -0.115. The van der Waals surface area contributed by atoms with Gasteiger partial charge in [-0.1, -0.05) is 46.6 Å². The van der Waals surface area contributed by atoms with Crippen LogP contribution >= 0.6 is 11.6 Å². The maximum Gasteiger partial charge on any atom is 0.321 e. The van der Waals surface area contributed by atoms with Gasteiger partial charge < -0.3 is 20.4 Å². The van der Waals surface area contributed by atoms with Crippen molar-refractivity contribution in [1.82, 2.24) is 10.2 Å². The average molecular weight is 441 g/mol. The zero-order valence-corrected chi connectivity index (χ0v) is 18.1. The number of hydrogen-bond acceptors (Lipinski definition) is 4. The third kappa shape index (κ3) is 5.17. The van der Waals surface area contributed by atoms with E-state index in [1.54, 1.807) is 29.2 Å². The molecule has 1 spiro atoms. The topological polar surface area (TPSA) is 83.0 Å². The number of anilines is 1. The van der Waals surface area contributed by atoms with Crippen molar-refractivity contribution in [2.24, 2.45) is 5.16 Å². The molecule has 3 amide bonds. The number of carbonyl (C=O) groups is 2. The third-order valence-corrected chi connectivity index (χ3v) is 5.85. The second kappa shape index (κ2) is 8.98. The van der Waals surface area contributed by atoms with Gasteiger partial charge >= 0.3 is 6.03 Å². The maximum atomic E-state index is 12.7. The number of likely N-dealkylation sites (tertiary alicyclic amines) is 1. The predicted molar refractivity (Wildman–Crippen MR) is 120 cm³/mol. The second-order valence-corrected chi connectivity index (χ2v) is 8.56. The molecule has 162 valence electrons. The van der Waals surface area contributed by atoms with Crippen LogP contribution in [0.25, 0.3) is 0 Å². The van der Waals surface area contributed by atoms with Crippen molar-refractivity contribution in [1.29, 1.82) is 0 Å². The molecule has 0 radical (unpaired) electrons. The highest BCUT2D eigenvalue weighted by Gasteiger charge is 2.45. The van der Waals surface area contributed by atoms with Crippen LogP contribution in [0.15, 0.2) is 53.7 Å². The Labute approximate surface area is 186 Å². The SMILES string of the molecule is Cc1ccc(CNC(=O)C2=NOC3(CCCN(C(=O)Nc4ccc(Cl)cc4)C3)C2)cc1. The van der Waals surface area contributed by atoms with Crippen LogP contribution in [-0.4, -0.2) is 41.2 Å². The summed E-state index contributed by atoms with van der Waals surface area (Å²) in [6.07, 6.45) is 1.91. The van der Waals surface area contributed by atoms with Gasteiger partial charge in [-0.25, -0.2) is 4.79 Å². The minimum Gasteiger partial charge on any atom is -0.386 e. The number of carbonyl (C=O) groups excluding carboxylic acids is 2. The summed E-state index contributed by atoms with van der Waals surface area (Å²) in [6, 6.07) is 14.8. The Morgan fingerprint density at radius 3 is 2.65 bits per heavy atom. The first-order valence-corrected chi connectivity index (χ1v) is 10.7. The molecular formula is C23H25ClN4O3. The predicted octanol–water partition coefficient (Wildman–Crippen LogP) is 4.11. The summed E-state index contributed by atoms with van der Waals surface area (Å²) in [6.45, 7) is 3.46. The van der Waals surface area contributed by atoms with E-state index < -0.39 is 5.60 Å². The Hall–Kier alpha value is -3.06. The molecule has 2 heterocycles. The van der Waals surface area contributed by atoms with Crippen molar-refractivity contribution >= 4 is 34.9 Å². The van der Waals surface area contributed by atoms with E-state index in [0.717, 1.165) is 18.4 Å². The first-order valence-electron chi connectivity index (χ1n) is 10.3. The Morgan fingerprint density at radius 1 is 1.16 bits per heavy atom. The molecule has 2 aromatic carbocycles. The Morgan fingerprint density at radius 2 is 1.90 bits per heavy atom. The van der Waals surface area contributed by atoms with Crippen LogP contribution in [0.5, 0.6) is 0 Å².